The van der Waals surface area contributed by atoms with Crippen molar-refractivity contribution in [2.24, 2.45) is 11.8 Å². The van der Waals surface area contributed by atoms with Gasteiger partial charge in [0.15, 0.2) is 0 Å². The number of carbonyl (C=O) groups excluding carboxylic acids is 3. The molecule has 164 valence electrons. The minimum Gasteiger partial charge on any atom is -0.506 e. The van der Waals surface area contributed by atoms with Gasteiger partial charge in [-0.15, -0.1) is 0 Å². The predicted octanol–water partition coefficient (Wildman–Crippen LogP) is 3.26. The number of rotatable bonds is 5. The molecule has 1 unspecified atom stereocenters. The van der Waals surface area contributed by atoms with Crippen molar-refractivity contribution in [2.75, 3.05) is 31.5 Å². The number of anilines is 1. The molecule has 0 aromatic heterocycles. The number of carbonyl (C=O) groups is 3. The number of aromatic hydroxyl groups is 1. The lowest BCUT2D eigenvalue weighted by molar-refractivity contribution is -0.142. The number of hydrogen-bond donors (Lipinski definition) is 2. The number of halogens is 1. The molecule has 0 radical (unpaired) electrons. The predicted molar refractivity (Wildman–Crippen MR) is 115 cm³/mol. The highest BCUT2D eigenvalue weighted by atomic mass is 35.5. The van der Waals surface area contributed by atoms with Gasteiger partial charge in [0.05, 0.1) is 11.6 Å². The largest absolute Gasteiger partial charge is 0.506 e. The van der Waals surface area contributed by atoms with Crippen molar-refractivity contribution in [3.05, 3.63) is 23.2 Å². The van der Waals surface area contributed by atoms with Crippen molar-refractivity contribution in [3.63, 3.8) is 0 Å². The van der Waals surface area contributed by atoms with E-state index in [0.29, 0.717) is 49.6 Å². The highest BCUT2D eigenvalue weighted by Crippen LogP contribution is 2.29. The van der Waals surface area contributed by atoms with Crippen LogP contribution in [-0.2, 0) is 14.4 Å². The maximum atomic E-state index is 13.0. The van der Waals surface area contributed by atoms with Gasteiger partial charge in [0.1, 0.15) is 5.75 Å². The van der Waals surface area contributed by atoms with Crippen LogP contribution in [0.3, 0.4) is 0 Å². The number of amides is 3. The Kier molecular flexibility index (Phi) is 7.58. The fourth-order valence-electron chi connectivity index (χ4n) is 4.24. The van der Waals surface area contributed by atoms with Gasteiger partial charge in [-0.25, -0.2) is 0 Å². The molecule has 1 atom stereocenters. The third-order valence-corrected chi connectivity index (χ3v) is 6.22. The Hall–Kier alpha value is -2.28. The number of phenolic OH excluding ortho intramolecular Hbond substituents is 1. The Morgan fingerprint density at radius 2 is 1.83 bits per heavy atom. The molecule has 2 N–H and O–H groups in total. The van der Waals surface area contributed by atoms with E-state index < -0.39 is 0 Å². The van der Waals surface area contributed by atoms with E-state index in [-0.39, 0.29) is 35.3 Å². The monoisotopic (exact) mass is 435 g/mol. The van der Waals surface area contributed by atoms with Gasteiger partial charge in [0.25, 0.3) is 0 Å². The van der Waals surface area contributed by atoms with E-state index in [0.717, 1.165) is 25.8 Å². The highest BCUT2D eigenvalue weighted by molar-refractivity contribution is 6.31. The van der Waals surface area contributed by atoms with Crippen LogP contribution in [0.15, 0.2) is 18.2 Å². The zero-order valence-electron chi connectivity index (χ0n) is 17.4. The van der Waals surface area contributed by atoms with Crippen molar-refractivity contribution in [1.29, 1.82) is 0 Å². The molecule has 7 nitrogen and oxygen atoms in total. The number of nitrogens with one attached hydrogen (secondary N) is 1. The van der Waals surface area contributed by atoms with Crippen molar-refractivity contribution in [2.45, 2.75) is 45.4 Å². The van der Waals surface area contributed by atoms with E-state index in [1.807, 2.05) is 16.7 Å². The van der Waals surface area contributed by atoms with Crippen molar-refractivity contribution in [3.8, 4) is 5.75 Å². The van der Waals surface area contributed by atoms with E-state index in [4.69, 9.17) is 11.6 Å². The average molecular weight is 436 g/mol. The van der Waals surface area contributed by atoms with E-state index in [2.05, 4.69) is 5.32 Å². The molecular weight excluding hydrogens is 406 g/mol. The lowest BCUT2D eigenvalue weighted by Gasteiger charge is -2.37. The molecule has 2 fully saturated rings. The molecule has 2 saturated heterocycles. The second kappa shape index (κ2) is 10.2. The first-order chi connectivity index (χ1) is 14.4. The second-order valence-electron chi connectivity index (χ2n) is 8.18. The fraction of sp³-hybridized carbons (Fsp3) is 0.591. The van der Waals surface area contributed by atoms with Crippen LogP contribution in [0.1, 0.15) is 45.4 Å². The molecule has 3 amide bonds. The van der Waals surface area contributed by atoms with Gasteiger partial charge in [0, 0.05) is 43.5 Å². The highest BCUT2D eigenvalue weighted by Gasteiger charge is 2.34. The standard InChI is InChI=1S/C22H30ClN3O4/c1-2-4-20(28)26-10-3-5-16(14-26)22(30)25-11-8-15(9-12-25)21(29)24-18-13-17(23)6-7-19(18)27/h6-7,13,15-16,27H,2-5,8-12,14H2,1H3,(H,24,29). The molecule has 0 bridgehead atoms. The summed E-state index contributed by atoms with van der Waals surface area (Å²) in [6, 6.07) is 4.51. The maximum absolute atomic E-state index is 13.0. The quantitative estimate of drug-likeness (QED) is 0.694. The van der Waals surface area contributed by atoms with Crippen LogP contribution in [0.2, 0.25) is 5.02 Å². The van der Waals surface area contributed by atoms with Crippen LogP contribution in [0.25, 0.3) is 0 Å². The van der Waals surface area contributed by atoms with Gasteiger partial charge in [0.2, 0.25) is 17.7 Å². The lowest BCUT2D eigenvalue weighted by Crippen LogP contribution is -2.49. The Balaban J connectivity index is 1.51. The molecule has 0 saturated carbocycles. The first kappa shape index (κ1) is 22.4. The molecule has 2 heterocycles. The van der Waals surface area contributed by atoms with Gasteiger partial charge in [-0.05, 0) is 50.3 Å². The Labute approximate surface area is 182 Å². The minimum atomic E-state index is -0.221. The van der Waals surface area contributed by atoms with E-state index in [1.54, 1.807) is 6.07 Å². The summed E-state index contributed by atoms with van der Waals surface area (Å²) in [6.07, 6.45) is 4.16. The molecule has 8 heteroatoms. The Bertz CT molecular complexity index is 793. The zero-order chi connectivity index (χ0) is 21.7. The maximum Gasteiger partial charge on any atom is 0.227 e. The number of hydrogen-bond acceptors (Lipinski definition) is 4. The summed E-state index contributed by atoms with van der Waals surface area (Å²) in [4.78, 5) is 41.4. The second-order valence-corrected chi connectivity index (χ2v) is 8.62. The van der Waals surface area contributed by atoms with Crippen LogP contribution in [-0.4, -0.2) is 58.8 Å². The molecule has 1 aromatic rings. The number of likely N-dealkylation sites (tertiary alicyclic amines) is 2. The fourth-order valence-corrected chi connectivity index (χ4v) is 4.41. The SMILES string of the molecule is CCCC(=O)N1CCCC(C(=O)N2CCC(C(=O)Nc3cc(Cl)ccc3O)CC2)C1. The third-order valence-electron chi connectivity index (χ3n) is 5.98. The van der Waals surface area contributed by atoms with Crippen LogP contribution in [0.4, 0.5) is 5.69 Å². The third kappa shape index (κ3) is 5.45. The van der Waals surface area contributed by atoms with Crippen LogP contribution in [0.5, 0.6) is 5.75 Å². The smallest absolute Gasteiger partial charge is 0.227 e. The van der Waals surface area contributed by atoms with Crippen LogP contribution < -0.4 is 5.32 Å². The van der Waals surface area contributed by atoms with Gasteiger partial charge in [-0.2, -0.15) is 0 Å². The summed E-state index contributed by atoms with van der Waals surface area (Å²) in [5.41, 5.74) is 0.296. The van der Waals surface area contributed by atoms with E-state index >= 15 is 0 Å². The summed E-state index contributed by atoms with van der Waals surface area (Å²) in [5.74, 6) is -0.340. The number of phenols is 1. The number of nitrogens with zero attached hydrogens (tertiary/aromatic N) is 2. The molecule has 0 spiro atoms. The normalized spacial score (nSPS) is 20.1. The van der Waals surface area contributed by atoms with Gasteiger partial charge >= 0.3 is 0 Å². The van der Waals surface area contributed by atoms with Crippen molar-refractivity contribution < 1.29 is 19.5 Å². The van der Waals surface area contributed by atoms with Gasteiger partial charge in [-0.3, -0.25) is 14.4 Å². The van der Waals surface area contributed by atoms with Gasteiger partial charge in [-0.1, -0.05) is 18.5 Å². The topological polar surface area (TPSA) is 90.0 Å². The summed E-state index contributed by atoms with van der Waals surface area (Å²) in [7, 11) is 0. The molecule has 3 rings (SSSR count). The summed E-state index contributed by atoms with van der Waals surface area (Å²) >= 11 is 5.93. The van der Waals surface area contributed by atoms with E-state index in [1.165, 1.54) is 12.1 Å². The average Bonchev–Trinajstić information content (AvgIpc) is 2.76. The van der Waals surface area contributed by atoms with Gasteiger partial charge < -0.3 is 20.2 Å². The molecule has 0 aliphatic carbocycles. The molecular formula is C22H30ClN3O4. The van der Waals surface area contributed by atoms with Crippen LogP contribution >= 0.6 is 11.6 Å². The zero-order valence-corrected chi connectivity index (χ0v) is 18.2. The Morgan fingerprint density at radius 3 is 2.53 bits per heavy atom. The number of benzene rings is 1. The van der Waals surface area contributed by atoms with Crippen molar-refractivity contribution >= 4 is 35.0 Å². The molecule has 1 aromatic carbocycles. The first-order valence-electron chi connectivity index (χ1n) is 10.7. The summed E-state index contributed by atoms with van der Waals surface area (Å²) in [6.45, 7) is 4.28. The lowest BCUT2D eigenvalue weighted by atomic mass is 9.92. The van der Waals surface area contributed by atoms with Crippen LogP contribution in [0, 0.1) is 11.8 Å². The minimum absolute atomic E-state index is 0.0279. The first-order valence-corrected chi connectivity index (χ1v) is 11.1. The molecule has 30 heavy (non-hydrogen) atoms. The molecule has 2 aliphatic heterocycles. The summed E-state index contributed by atoms with van der Waals surface area (Å²) < 4.78 is 0. The number of piperidine rings is 2. The summed E-state index contributed by atoms with van der Waals surface area (Å²) in [5, 5.41) is 13.1. The Morgan fingerprint density at radius 1 is 1.10 bits per heavy atom. The van der Waals surface area contributed by atoms with Crippen molar-refractivity contribution in [1.82, 2.24) is 9.80 Å². The molecule has 2 aliphatic rings. The van der Waals surface area contributed by atoms with E-state index in [9.17, 15) is 19.5 Å².